The second kappa shape index (κ2) is 8.64. The summed E-state index contributed by atoms with van der Waals surface area (Å²) in [5.41, 5.74) is 1.78. The second-order valence-corrected chi connectivity index (χ2v) is 6.45. The van der Waals surface area contributed by atoms with E-state index in [-0.39, 0.29) is 24.0 Å². The predicted molar refractivity (Wildman–Crippen MR) is 98.0 cm³/mol. The van der Waals surface area contributed by atoms with E-state index >= 15 is 0 Å². The zero-order chi connectivity index (χ0) is 19.2. The summed E-state index contributed by atoms with van der Waals surface area (Å²) >= 11 is 0. The number of carboxylic acids is 1. The molecule has 2 aromatic rings. The molecule has 1 fully saturated rings. The highest BCUT2D eigenvalue weighted by Gasteiger charge is 2.17. The molecule has 0 bridgehead atoms. The molecule has 1 amide bonds. The number of ether oxygens (including phenoxy) is 2. The number of pyridine rings is 1. The number of aryl methyl sites for hydroxylation is 1. The Morgan fingerprint density at radius 3 is 2.85 bits per heavy atom. The van der Waals surface area contributed by atoms with Crippen molar-refractivity contribution in [3.05, 3.63) is 58.9 Å². The Hall–Kier alpha value is -2.93. The summed E-state index contributed by atoms with van der Waals surface area (Å²) in [5, 5.41) is 11.8. The number of rotatable bonds is 7. The predicted octanol–water partition coefficient (Wildman–Crippen LogP) is 2.58. The minimum absolute atomic E-state index is 0.0591. The molecular formula is C20H22N2O5. The van der Waals surface area contributed by atoms with Gasteiger partial charge in [-0.15, -0.1) is 0 Å². The minimum atomic E-state index is -1.17. The largest absolute Gasteiger partial charge is 0.491 e. The van der Waals surface area contributed by atoms with Crippen LogP contribution in [0.5, 0.6) is 5.75 Å². The van der Waals surface area contributed by atoms with Gasteiger partial charge in [0.1, 0.15) is 23.7 Å². The van der Waals surface area contributed by atoms with E-state index in [1.54, 1.807) is 0 Å². The van der Waals surface area contributed by atoms with Gasteiger partial charge in [-0.05, 0) is 43.5 Å². The van der Waals surface area contributed by atoms with Gasteiger partial charge in [0.05, 0.1) is 6.10 Å². The number of carboxylic acid groups (broad SMARTS) is 1. The van der Waals surface area contributed by atoms with Crippen molar-refractivity contribution in [2.75, 3.05) is 13.2 Å². The monoisotopic (exact) mass is 370 g/mol. The highest BCUT2D eigenvalue weighted by Crippen LogP contribution is 2.22. The molecule has 27 heavy (non-hydrogen) atoms. The van der Waals surface area contributed by atoms with Gasteiger partial charge in [-0.25, -0.2) is 9.78 Å². The molecule has 1 saturated heterocycles. The number of aromatic nitrogens is 1. The molecule has 7 heteroatoms. The average Bonchev–Trinajstić information content (AvgIpc) is 3.19. The van der Waals surface area contributed by atoms with Crippen LogP contribution in [0, 0.1) is 6.92 Å². The summed E-state index contributed by atoms with van der Waals surface area (Å²) in [6.45, 7) is 3.47. The first kappa shape index (κ1) is 18.8. The van der Waals surface area contributed by atoms with Crippen molar-refractivity contribution in [1.82, 2.24) is 10.3 Å². The normalized spacial score (nSPS) is 16.1. The van der Waals surface area contributed by atoms with Crippen LogP contribution in [0.3, 0.4) is 0 Å². The first-order valence-corrected chi connectivity index (χ1v) is 8.85. The summed E-state index contributed by atoms with van der Waals surface area (Å²) in [6, 6.07) is 10.1. The van der Waals surface area contributed by atoms with Gasteiger partial charge in [0.2, 0.25) is 0 Å². The molecule has 2 heterocycles. The lowest BCUT2D eigenvalue weighted by Crippen LogP contribution is -2.25. The maximum absolute atomic E-state index is 12.3. The van der Waals surface area contributed by atoms with Gasteiger partial charge in [-0.2, -0.15) is 0 Å². The van der Waals surface area contributed by atoms with E-state index in [0.29, 0.717) is 12.4 Å². The van der Waals surface area contributed by atoms with Crippen LogP contribution in [-0.4, -0.2) is 41.3 Å². The van der Waals surface area contributed by atoms with E-state index in [0.717, 1.165) is 30.6 Å². The van der Waals surface area contributed by atoms with Crippen molar-refractivity contribution in [3.63, 3.8) is 0 Å². The third-order valence-corrected chi connectivity index (χ3v) is 4.31. The summed E-state index contributed by atoms with van der Waals surface area (Å²) in [6.07, 6.45) is 2.15. The highest BCUT2D eigenvalue weighted by molar-refractivity contribution is 5.94. The van der Waals surface area contributed by atoms with E-state index in [1.807, 2.05) is 25.1 Å². The maximum atomic E-state index is 12.3. The Bertz CT molecular complexity index is 831. The van der Waals surface area contributed by atoms with Crippen LogP contribution in [0.4, 0.5) is 0 Å². The van der Waals surface area contributed by atoms with E-state index in [4.69, 9.17) is 14.6 Å². The number of amides is 1. The van der Waals surface area contributed by atoms with E-state index in [2.05, 4.69) is 10.3 Å². The Balaban J connectivity index is 1.65. The Morgan fingerprint density at radius 1 is 1.30 bits per heavy atom. The number of nitrogens with one attached hydrogen (secondary N) is 1. The first-order chi connectivity index (χ1) is 13.0. The number of hydrogen-bond acceptors (Lipinski definition) is 5. The zero-order valence-electron chi connectivity index (χ0n) is 15.1. The Morgan fingerprint density at radius 2 is 2.11 bits per heavy atom. The Labute approximate surface area is 157 Å². The third-order valence-electron chi connectivity index (χ3n) is 4.31. The van der Waals surface area contributed by atoms with Gasteiger partial charge in [-0.3, -0.25) is 4.79 Å². The van der Waals surface area contributed by atoms with E-state index in [9.17, 15) is 9.59 Å². The highest BCUT2D eigenvalue weighted by atomic mass is 16.5. The minimum Gasteiger partial charge on any atom is -0.491 e. The summed E-state index contributed by atoms with van der Waals surface area (Å²) in [5.74, 6) is -0.908. The molecule has 2 N–H and O–H groups in total. The molecule has 7 nitrogen and oxygen atoms in total. The molecule has 0 spiro atoms. The standard InChI is InChI=1S/C20H22N2O5/c1-13-7-8-14(18(10-13)27-12-15-4-3-9-26-15)11-21-19(23)16-5-2-6-17(22-16)20(24)25/h2,5-8,10,15H,3-4,9,11-12H2,1H3,(H,21,23)(H,24,25). The molecular weight excluding hydrogens is 348 g/mol. The van der Waals surface area contributed by atoms with Crippen molar-refractivity contribution in [1.29, 1.82) is 0 Å². The topological polar surface area (TPSA) is 97.8 Å². The van der Waals surface area contributed by atoms with Crippen LogP contribution in [0.2, 0.25) is 0 Å². The fraction of sp³-hybridized carbons (Fsp3) is 0.350. The van der Waals surface area contributed by atoms with Gasteiger partial charge < -0.3 is 19.9 Å². The van der Waals surface area contributed by atoms with Crippen LogP contribution >= 0.6 is 0 Å². The fourth-order valence-corrected chi connectivity index (χ4v) is 2.85. The van der Waals surface area contributed by atoms with Crippen molar-refractivity contribution in [3.8, 4) is 5.75 Å². The van der Waals surface area contributed by atoms with Gasteiger partial charge in [0, 0.05) is 18.7 Å². The summed E-state index contributed by atoms with van der Waals surface area (Å²) in [7, 11) is 0. The SMILES string of the molecule is Cc1ccc(CNC(=O)c2cccc(C(=O)O)n2)c(OCC2CCCO2)c1. The quantitative estimate of drug-likeness (QED) is 0.777. The van der Waals surface area contributed by atoms with Gasteiger partial charge in [-0.1, -0.05) is 18.2 Å². The van der Waals surface area contributed by atoms with Crippen molar-refractivity contribution in [2.24, 2.45) is 0 Å². The van der Waals surface area contributed by atoms with Crippen LogP contribution in [-0.2, 0) is 11.3 Å². The average molecular weight is 370 g/mol. The molecule has 1 aromatic carbocycles. The maximum Gasteiger partial charge on any atom is 0.354 e. The van der Waals surface area contributed by atoms with Crippen LogP contribution in [0.1, 0.15) is 44.9 Å². The molecule has 142 valence electrons. The molecule has 1 unspecified atom stereocenters. The van der Waals surface area contributed by atoms with Gasteiger partial charge in [0.25, 0.3) is 5.91 Å². The number of nitrogens with zero attached hydrogens (tertiary/aromatic N) is 1. The van der Waals surface area contributed by atoms with E-state index < -0.39 is 11.9 Å². The van der Waals surface area contributed by atoms with Crippen LogP contribution < -0.4 is 10.1 Å². The molecule has 0 saturated carbocycles. The molecule has 1 aromatic heterocycles. The molecule has 0 radical (unpaired) electrons. The molecule has 1 aliphatic rings. The number of hydrogen-bond donors (Lipinski definition) is 2. The summed E-state index contributed by atoms with van der Waals surface area (Å²) in [4.78, 5) is 27.2. The third kappa shape index (κ3) is 5.04. The second-order valence-electron chi connectivity index (χ2n) is 6.45. The molecule has 3 rings (SSSR count). The molecule has 0 aliphatic carbocycles. The van der Waals surface area contributed by atoms with Crippen molar-refractivity contribution >= 4 is 11.9 Å². The Kier molecular flexibility index (Phi) is 6.03. The van der Waals surface area contributed by atoms with Crippen LogP contribution in [0.15, 0.2) is 36.4 Å². The lowest BCUT2D eigenvalue weighted by molar-refractivity contribution is 0.0674. The summed E-state index contributed by atoms with van der Waals surface area (Å²) < 4.78 is 11.5. The van der Waals surface area contributed by atoms with Crippen LogP contribution in [0.25, 0.3) is 0 Å². The molecule has 1 aliphatic heterocycles. The number of benzene rings is 1. The first-order valence-electron chi connectivity index (χ1n) is 8.85. The zero-order valence-corrected chi connectivity index (χ0v) is 15.1. The van der Waals surface area contributed by atoms with Gasteiger partial charge in [0.15, 0.2) is 0 Å². The lowest BCUT2D eigenvalue weighted by Gasteiger charge is -2.16. The number of aromatic carboxylic acids is 1. The smallest absolute Gasteiger partial charge is 0.354 e. The van der Waals surface area contributed by atoms with Gasteiger partial charge >= 0.3 is 5.97 Å². The van der Waals surface area contributed by atoms with E-state index in [1.165, 1.54) is 18.2 Å². The van der Waals surface area contributed by atoms with Crippen molar-refractivity contribution in [2.45, 2.75) is 32.4 Å². The molecule has 1 atom stereocenters. The fourth-order valence-electron chi connectivity index (χ4n) is 2.85. The number of carbonyl (C=O) groups is 2. The number of carbonyl (C=O) groups excluding carboxylic acids is 1. The van der Waals surface area contributed by atoms with Crippen molar-refractivity contribution < 1.29 is 24.2 Å². The lowest BCUT2D eigenvalue weighted by atomic mass is 10.1.